The highest BCUT2D eigenvalue weighted by molar-refractivity contribution is 5.86. The number of rotatable bonds is 8. The van der Waals surface area contributed by atoms with Crippen LogP contribution in [0.15, 0.2) is 12.2 Å². The van der Waals surface area contributed by atoms with Crippen LogP contribution in [0.4, 0.5) is 0 Å². The van der Waals surface area contributed by atoms with Gasteiger partial charge in [0, 0.05) is 30.5 Å². The minimum Gasteiger partial charge on any atom is -0.481 e. The van der Waals surface area contributed by atoms with Crippen molar-refractivity contribution < 1.29 is 29.0 Å². The summed E-state index contributed by atoms with van der Waals surface area (Å²) in [6, 6.07) is 0.0219. The first-order chi connectivity index (χ1) is 25.5. The highest BCUT2D eigenvalue weighted by Crippen LogP contribution is 2.77. The molecular weight excluding hydrogens is 689 g/mol. The van der Waals surface area contributed by atoms with Crippen LogP contribution >= 0.6 is 0 Å². The second kappa shape index (κ2) is 13.3. The Morgan fingerprint density at radius 3 is 2.11 bits per heavy atom. The molecule has 6 aliphatic carbocycles. The Bertz CT molecular complexity index is 1610. The summed E-state index contributed by atoms with van der Waals surface area (Å²) in [4.78, 5) is 55.4. The van der Waals surface area contributed by atoms with Gasteiger partial charge in [0.2, 0.25) is 11.8 Å². The van der Waals surface area contributed by atoms with Crippen molar-refractivity contribution in [1.29, 1.82) is 0 Å². The second-order valence-electron chi connectivity index (χ2n) is 22.7. The molecule has 1 heterocycles. The number of nitrogens with one attached hydrogen (secondary N) is 1. The molecule has 0 spiro atoms. The van der Waals surface area contributed by atoms with Crippen molar-refractivity contribution in [3.63, 3.8) is 0 Å². The van der Waals surface area contributed by atoms with Crippen molar-refractivity contribution in [2.75, 3.05) is 13.1 Å². The van der Waals surface area contributed by atoms with Crippen LogP contribution in [-0.4, -0.2) is 59.0 Å². The molecule has 2 N–H and O–H groups in total. The normalized spacial score (nSPS) is 44.1. The van der Waals surface area contributed by atoms with Gasteiger partial charge < -0.3 is 20.1 Å². The lowest BCUT2D eigenvalue weighted by Crippen LogP contribution is -2.68. The average molecular weight is 763 g/mol. The topological polar surface area (TPSA) is 113 Å². The maximum atomic E-state index is 15.0. The van der Waals surface area contributed by atoms with Crippen molar-refractivity contribution in [2.24, 2.45) is 73.4 Å². The van der Waals surface area contributed by atoms with Gasteiger partial charge in [-0.25, -0.2) is 0 Å². The zero-order chi connectivity index (χ0) is 40.3. The molecule has 1 saturated heterocycles. The molecule has 7 aliphatic rings. The van der Waals surface area contributed by atoms with Crippen LogP contribution < -0.4 is 5.32 Å². The van der Waals surface area contributed by atoms with Gasteiger partial charge in [0.25, 0.3) is 0 Å². The van der Waals surface area contributed by atoms with Gasteiger partial charge >= 0.3 is 11.9 Å². The quantitative estimate of drug-likeness (QED) is 0.188. The second-order valence-corrected chi connectivity index (χ2v) is 22.7. The molecular formula is C47H74N2O6. The number of ether oxygens (including phenoxy) is 1. The standard InChI is InChI=1S/C47H74N2O6/c1-28(2)29-16-21-47(39(52)48-34-26-31(42(34,5)6)38(51)49-24-12-13-25-49)23-22-45(10)30(37(29)47)14-15-33-44(9)19-18-35(55-36(50)27-41(3,4)40(53)54)43(7,8)32(44)17-20-46(33,45)11/h29-35,37H,1,12-27H2,2-11H3,(H,48,52)(H,53,54)/t29?,30?,31-,32?,33?,34?,35+,37?,44+,45-,46-,47+/m1/s1. The van der Waals surface area contributed by atoms with Gasteiger partial charge in [-0.3, -0.25) is 19.2 Å². The van der Waals surface area contributed by atoms with Crippen LogP contribution in [0.2, 0.25) is 0 Å². The number of fused-ring (bicyclic) bond motifs is 7. The third-order valence-corrected chi connectivity index (χ3v) is 19.2. The molecule has 0 aromatic rings. The number of carboxylic acids is 1. The zero-order valence-electron chi connectivity index (χ0n) is 36.1. The number of carbonyl (C=O) groups excluding carboxylic acids is 3. The summed E-state index contributed by atoms with van der Waals surface area (Å²) in [5.74, 6) is 1.12. The molecule has 55 heavy (non-hydrogen) atoms. The van der Waals surface area contributed by atoms with Crippen molar-refractivity contribution in [3.05, 3.63) is 12.2 Å². The van der Waals surface area contributed by atoms with E-state index in [2.05, 4.69) is 67.3 Å². The van der Waals surface area contributed by atoms with Crippen LogP contribution in [-0.2, 0) is 23.9 Å². The number of hydrogen-bond acceptors (Lipinski definition) is 5. The third-order valence-electron chi connectivity index (χ3n) is 19.2. The fourth-order valence-electron chi connectivity index (χ4n) is 15.4. The minimum atomic E-state index is -1.16. The van der Waals surface area contributed by atoms with E-state index >= 15 is 0 Å². The Morgan fingerprint density at radius 2 is 1.49 bits per heavy atom. The molecule has 0 radical (unpaired) electrons. The third kappa shape index (κ3) is 5.91. The molecule has 308 valence electrons. The van der Waals surface area contributed by atoms with Crippen LogP contribution in [0.1, 0.15) is 159 Å². The maximum absolute atomic E-state index is 15.0. The SMILES string of the molecule is C=C(C)C1CC[C@]2(C(=O)NC3C[C@H](C(=O)N4CCCC4)C3(C)C)CC[C@]3(C)C(CCC4[C@@]5(C)CC[C@H](OC(=O)CC(C)(C)C(=O)O)C(C)(C)C5CC[C@]43C)C12. The maximum Gasteiger partial charge on any atom is 0.309 e. The van der Waals surface area contributed by atoms with Crippen molar-refractivity contribution in [2.45, 2.75) is 171 Å². The Hall–Kier alpha value is -2.38. The molecule has 0 aromatic carbocycles. The van der Waals surface area contributed by atoms with Gasteiger partial charge in [-0.15, -0.1) is 0 Å². The summed E-state index contributed by atoms with van der Waals surface area (Å²) in [6.07, 6.45) is 12.8. The summed E-state index contributed by atoms with van der Waals surface area (Å²) in [6.45, 7) is 28.4. The predicted octanol–water partition coefficient (Wildman–Crippen LogP) is 9.21. The van der Waals surface area contributed by atoms with Gasteiger partial charge in [0.1, 0.15) is 6.10 Å². The van der Waals surface area contributed by atoms with E-state index in [9.17, 15) is 24.3 Å². The molecule has 1 aliphatic heterocycles. The van der Waals surface area contributed by atoms with E-state index in [0.717, 1.165) is 96.6 Å². The smallest absolute Gasteiger partial charge is 0.309 e. The molecule has 6 unspecified atom stereocenters. The van der Waals surface area contributed by atoms with Crippen molar-refractivity contribution in [1.82, 2.24) is 10.2 Å². The lowest BCUT2D eigenvalue weighted by Gasteiger charge is -2.73. The Kier molecular flexibility index (Phi) is 9.89. The van der Waals surface area contributed by atoms with Gasteiger partial charge in [0.05, 0.1) is 17.3 Å². The van der Waals surface area contributed by atoms with E-state index in [4.69, 9.17) is 4.74 Å². The molecule has 7 fully saturated rings. The van der Waals surface area contributed by atoms with E-state index < -0.39 is 22.8 Å². The van der Waals surface area contributed by atoms with Crippen LogP contribution in [0.25, 0.3) is 0 Å². The zero-order valence-corrected chi connectivity index (χ0v) is 36.1. The van der Waals surface area contributed by atoms with Gasteiger partial charge in [-0.2, -0.15) is 0 Å². The number of carboxylic acid groups (broad SMARTS) is 1. The van der Waals surface area contributed by atoms with Crippen LogP contribution in [0.3, 0.4) is 0 Å². The highest BCUT2D eigenvalue weighted by Gasteiger charge is 2.72. The van der Waals surface area contributed by atoms with E-state index in [-0.39, 0.29) is 69.3 Å². The minimum absolute atomic E-state index is 0.0199. The number of esters is 1. The van der Waals surface area contributed by atoms with E-state index in [1.807, 2.05) is 4.90 Å². The Labute approximate surface area is 332 Å². The number of carbonyl (C=O) groups is 4. The van der Waals surface area contributed by atoms with Crippen molar-refractivity contribution in [3.8, 4) is 0 Å². The number of amides is 2. The lowest BCUT2D eigenvalue weighted by atomic mass is 9.32. The number of allylic oxidation sites excluding steroid dienone is 1. The van der Waals surface area contributed by atoms with E-state index in [0.29, 0.717) is 23.7 Å². The molecule has 6 saturated carbocycles. The first kappa shape index (κ1) is 40.8. The molecule has 8 heteroatoms. The lowest BCUT2D eigenvalue weighted by molar-refractivity contribution is -0.249. The predicted molar refractivity (Wildman–Crippen MR) is 215 cm³/mol. The van der Waals surface area contributed by atoms with Crippen LogP contribution in [0.5, 0.6) is 0 Å². The van der Waals surface area contributed by atoms with E-state index in [1.54, 1.807) is 13.8 Å². The molecule has 0 aromatic heterocycles. The molecule has 2 amide bonds. The summed E-state index contributed by atoms with van der Waals surface area (Å²) < 4.78 is 6.19. The summed E-state index contributed by atoms with van der Waals surface area (Å²) in [5, 5.41) is 13.3. The number of aliphatic carboxylic acids is 1. The summed E-state index contributed by atoms with van der Waals surface area (Å²) in [5.41, 5.74) is -0.482. The monoisotopic (exact) mass is 763 g/mol. The fraction of sp³-hybridized carbons (Fsp3) is 0.872. The first-order valence-electron chi connectivity index (χ1n) is 22.2. The summed E-state index contributed by atoms with van der Waals surface area (Å²) in [7, 11) is 0. The Balaban J connectivity index is 1.11. The number of hydrogen-bond donors (Lipinski definition) is 2. The average Bonchev–Trinajstić information content (AvgIpc) is 3.77. The number of nitrogens with zero attached hydrogens (tertiary/aromatic N) is 1. The highest BCUT2D eigenvalue weighted by atomic mass is 16.5. The van der Waals surface area contributed by atoms with Gasteiger partial charge in [-0.1, -0.05) is 60.6 Å². The molecule has 7 rings (SSSR count). The molecule has 12 atom stereocenters. The molecule has 8 nitrogen and oxygen atoms in total. The van der Waals surface area contributed by atoms with Gasteiger partial charge in [-0.05, 0) is 155 Å². The number of likely N-dealkylation sites (tertiary alicyclic amines) is 1. The molecule has 0 bridgehead atoms. The fourth-order valence-corrected chi connectivity index (χ4v) is 15.4. The van der Waals surface area contributed by atoms with Gasteiger partial charge in [0.15, 0.2) is 0 Å². The van der Waals surface area contributed by atoms with E-state index in [1.165, 1.54) is 5.57 Å². The first-order valence-corrected chi connectivity index (χ1v) is 22.2. The Morgan fingerprint density at radius 1 is 0.818 bits per heavy atom. The van der Waals surface area contributed by atoms with Crippen molar-refractivity contribution >= 4 is 23.8 Å². The summed E-state index contributed by atoms with van der Waals surface area (Å²) >= 11 is 0. The van der Waals surface area contributed by atoms with Crippen LogP contribution in [0, 0.1) is 73.4 Å². The largest absolute Gasteiger partial charge is 0.481 e.